The van der Waals surface area contributed by atoms with Gasteiger partial charge in [0.15, 0.2) is 0 Å². The summed E-state index contributed by atoms with van der Waals surface area (Å²) in [5.41, 5.74) is 3.98. The fourth-order valence-electron chi connectivity index (χ4n) is 2.10. The molecule has 2 rings (SSSR count). The van der Waals surface area contributed by atoms with Crippen molar-refractivity contribution in [3.8, 4) is 0 Å². The SMILES string of the molecule is Cn1nccc1C(CC1CCOC1)NN. The normalized spacial score (nSPS) is 23.2. The number of hydrogen-bond acceptors (Lipinski definition) is 4. The average molecular weight is 210 g/mol. The Morgan fingerprint density at radius 1 is 1.80 bits per heavy atom. The first-order valence-corrected chi connectivity index (χ1v) is 5.33. The number of aromatic nitrogens is 2. The maximum atomic E-state index is 5.58. The second kappa shape index (κ2) is 4.74. The van der Waals surface area contributed by atoms with Crippen LogP contribution in [0.5, 0.6) is 0 Å². The zero-order chi connectivity index (χ0) is 10.7. The Morgan fingerprint density at radius 2 is 2.67 bits per heavy atom. The minimum Gasteiger partial charge on any atom is -0.381 e. The van der Waals surface area contributed by atoms with Crippen molar-refractivity contribution in [3.63, 3.8) is 0 Å². The van der Waals surface area contributed by atoms with Crippen LogP contribution in [0.2, 0.25) is 0 Å². The van der Waals surface area contributed by atoms with Crippen molar-refractivity contribution in [2.24, 2.45) is 18.8 Å². The third kappa shape index (κ3) is 2.37. The highest BCUT2D eigenvalue weighted by atomic mass is 16.5. The summed E-state index contributed by atoms with van der Waals surface area (Å²) in [7, 11) is 1.94. The molecule has 0 radical (unpaired) electrons. The molecule has 0 amide bonds. The molecule has 1 aliphatic heterocycles. The standard InChI is InChI=1S/C10H18N4O/c1-14-10(2-4-12-14)9(13-11)6-8-3-5-15-7-8/h2,4,8-9,13H,3,5-7,11H2,1H3. The van der Waals surface area contributed by atoms with Crippen LogP contribution < -0.4 is 11.3 Å². The Hall–Kier alpha value is -0.910. The van der Waals surface area contributed by atoms with Crippen LogP contribution in [0, 0.1) is 5.92 Å². The van der Waals surface area contributed by atoms with Crippen LogP contribution in [-0.4, -0.2) is 23.0 Å². The van der Waals surface area contributed by atoms with Crippen LogP contribution in [0.4, 0.5) is 0 Å². The lowest BCUT2D eigenvalue weighted by atomic mass is 9.97. The molecule has 3 N–H and O–H groups in total. The second-order valence-electron chi connectivity index (χ2n) is 4.06. The number of aryl methyl sites for hydroxylation is 1. The summed E-state index contributed by atoms with van der Waals surface area (Å²) in [4.78, 5) is 0. The molecule has 1 aromatic heterocycles. The number of nitrogens with zero attached hydrogens (tertiary/aromatic N) is 2. The maximum absolute atomic E-state index is 5.58. The molecule has 1 saturated heterocycles. The molecule has 2 heterocycles. The van der Waals surface area contributed by atoms with Gasteiger partial charge in [-0.05, 0) is 24.8 Å². The highest BCUT2D eigenvalue weighted by Gasteiger charge is 2.22. The van der Waals surface area contributed by atoms with Crippen LogP contribution in [0.3, 0.4) is 0 Å². The third-order valence-electron chi connectivity index (χ3n) is 3.01. The quantitative estimate of drug-likeness (QED) is 0.556. The Morgan fingerprint density at radius 3 is 3.20 bits per heavy atom. The summed E-state index contributed by atoms with van der Waals surface area (Å²) >= 11 is 0. The predicted molar refractivity (Wildman–Crippen MR) is 56.8 cm³/mol. The molecule has 1 aromatic rings. The largest absolute Gasteiger partial charge is 0.381 e. The van der Waals surface area contributed by atoms with E-state index < -0.39 is 0 Å². The van der Waals surface area contributed by atoms with Crippen LogP contribution in [-0.2, 0) is 11.8 Å². The van der Waals surface area contributed by atoms with E-state index in [1.165, 1.54) is 0 Å². The minimum absolute atomic E-state index is 0.171. The fourth-order valence-corrected chi connectivity index (χ4v) is 2.10. The van der Waals surface area contributed by atoms with Crippen molar-refractivity contribution < 1.29 is 4.74 Å². The van der Waals surface area contributed by atoms with E-state index in [0.29, 0.717) is 5.92 Å². The number of nitrogens with one attached hydrogen (secondary N) is 1. The zero-order valence-electron chi connectivity index (χ0n) is 9.02. The molecule has 1 aliphatic rings. The fraction of sp³-hybridized carbons (Fsp3) is 0.700. The second-order valence-corrected chi connectivity index (χ2v) is 4.06. The number of rotatable bonds is 4. The monoisotopic (exact) mass is 210 g/mol. The summed E-state index contributed by atoms with van der Waals surface area (Å²) in [6, 6.07) is 2.17. The smallest absolute Gasteiger partial charge is 0.0632 e. The summed E-state index contributed by atoms with van der Waals surface area (Å²) < 4.78 is 7.22. The number of hydrogen-bond donors (Lipinski definition) is 2. The maximum Gasteiger partial charge on any atom is 0.0632 e. The van der Waals surface area contributed by atoms with Crippen molar-refractivity contribution >= 4 is 0 Å². The summed E-state index contributed by atoms with van der Waals surface area (Å²) in [5, 5.41) is 4.15. The van der Waals surface area contributed by atoms with Crippen molar-refractivity contribution in [1.29, 1.82) is 0 Å². The Balaban J connectivity index is 2.00. The van der Waals surface area contributed by atoms with Gasteiger partial charge in [-0.1, -0.05) is 0 Å². The lowest BCUT2D eigenvalue weighted by molar-refractivity contribution is 0.181. The van der Waals surface area contributed by atoms with Crippen molar-refractivity contribution in [2.75, 3.05) is 13.2 Å². The van der Waals surface area contributed by atoms with Crippen LogP contribution in [0.25, 0.3) is 0 Å². The summed E-state index contributed by atoms with van der Waals surface area (Å²) in [6.07, 6.45) is 3.94. The predicted octanol–water partition coefficient (Wildman–Crippen LogP) is 0.351. The number of nitrogens with two attached hydrogens (primary N) is 1. The molecule has 0 spiro atoms. The van der Waals surface area contributed by atoms with E-state index in [1.54, 1.807) is 6.20 Å². The summed E-state index contributed by atoms with van der Waals surface area (Å²) in [5.74, 6) is 6.19. The first-order chi connectivity index (χ1) is 7.31. The van der Waals surface area contributed by atoms with Gasteiger partial charge in [-0.25, -0.2) is 0 Å². The van der Waals surface area contributed by atoms with Gasteiger partial charge in [0.25, 0.3) is 0 Å². The topological polar surface area (TPSA) is 65.1 Å². The van der Waals surface area contributed by atoms with Gasteiger partial charge in [-0.15, -0.1) is 0 Å². The Bertz CT molecular complexity index is 306. The molecule has 1 fully saturated rings. The van der Waals surface area contributed by atoms with Crippen LogP contribution in [0.1, 0.15) is 24.6 Å². The van der Waals surface area contributed by atoms with Crippen molar-refractivity contribution in [3.05, 3.63) is 18.0 Å². The van der Waals surface area contributed by atoms with Crippen molar-refractivity contribution in [1.82, 2.24) is 15.2 Å². The van der Waals surface area contributed by atoms with Crippen LogP contribution in [0.15, 0.2) is 12.3 Å². The molecule has 84 valence electrons. The number of hydrazine groups is 1. The highest BCUT2D eigenvalue weighted by molar-refractivity contribution is 5.06. The third-order valence-corrected chi connectivity index (χ3v) is 3.01. The van der Waals surface area contributed by atoms with Gasteiger partial charge in [0.05, 0.1) is 11.7 Å². The zero-order valence-corrected chi connectivity index (χ0v) is 9.02. The molecule has 15 heavy (non-hydrogen) atoms. The summed E-state index contributed by atoms with van der Waals surface area (Å²) in [6.45, 7) is 1.74. The molecule has 0 bridgehead atoms. The van der Waals surface area contributed by atoms with E-state index in [2.05, 4.69) is 10.5 Å². The van der Waals surface area contributed by atoms with Crippen molar-refractivity contribution in [2.45, 2.75) is 18.9 Å². The lowest BCUT2D eigenvalue weighted by Gasteiger charge is -2.19. The minimum atomic E-state index is 0.171. The highest BCUT2D eigenvalue weighted by Crippen LogP contribution is 2.25. The van der Waals surface area contributed by atoms with Gasteiger partial charge in [0.2, 0.25) is 0 Å². The van der Waals surface area contributed by atoms with Gasteiger partial charge < -0.3 is 4.74 Å². The lowest BCUT2D eigenvalue weighted by Crippen LogP contribution is -2.31. The van der Waals surface area contributed by atoms with Gasteiger partial charge in [-0.3, -0.25) is 16.0 Å². The molecule has 2 unspecified atom stereocenters. The van der Waals surface area contributed by atoms with E-state index >= 15 is 0 Å². The molecule has 5 nitrogen and oxygen atoms in total. The Labute approximate surface area is 89.6 Å². The molecule has 5 heteroatoms. The first-order valence-electron chi connectivity index (χ1n) is 5.33. The van der Waals surface area contributed by atoms with E-state index in [9.17, 15) is 0 Å². The molecular weight excluding hydrogens is 192 g/mol. The van der Waals surface area contributed by atoms with Gasteiger partial charge in [0, 0.05) is 26.5 Å². The van der Waals surface area contributed by atoms with Gasteiger partial charge in [-0.2, -0.15) is 5.10 Å². The molecular formula is C10H18N4O. The first kappa shape index (κ1) is 10.6. The van der Waals surface area contributed by atoms with E-state index in [1.807, 2.05) is 17.8 Å². The van der Waals surface area contributed by atoms with E-state index in [-0.39, 0.29) is 6.04 Å². The van der Waals surface area contributed by atoms with Gasteiger partial charge in [0.1, 0.15) is 0 Å². The number of ether oxygens (including phenoxy) is 1. The molecule has 0 saturated carbocycles. The van der Waals surface area contributed by atoms with Gasteiger partial charge >= 0.3 is 0 Å². The molecule has 0 aliphatic carbocycles. The average Bonchev–Trinajstić information content (AvgIpc) is 2.85. The molecule has 2 atom stereocenters. The van der Waals surface area contributed by atoms with Crippen LogP contribution >= 0.6 is 0 Å². The Kier molecular flexibility index (Phi) is 3.35. The molecule has 0 aromatic carbocycles. The van der Waals surface area contributed by atoms with E-state index in [4.69, 9.17) is 10.6 Å². The van der Waals surface area contributed by atoms with E-state index in [0.717, 1.165) is 31.7 Å².